The highest BCUT2D eigenvalue weighted by atomic mass is 16.3. The standard InChI is InChI=1S/C13H22N4O/c1-2-16-7-3-4-10(16)8-13-15-14-12-6-5-11(18)9-17(12)13/h10-11,18H,2-9H2,1H3. The molecule has 5 heteroatoms. The predicted octanol–water partition coefficient (Wildman–Crippen LogP) is 0.612. The van der Waals surface area contributed by atoms with Crippen molar-refractivity contribution in [2.45, 2.75) is 57.7 Å². The number of aliphatic hydroxyl groups is 1. The van der Waals surface area contributed by atoms with Crippen LogP contribution in [0.25, 0.3) is 0 Å². The highest BCUT2D eigenvalue weighted by Gasteiger charge is 2.27. The monoisotopic (exact) mass is 250 g/mol. The molecule has 1 aromatic rings. The summed E-state index contributed by atoms with van der Waals surface area (Å²) in [6.07, 6.45) is 4.99. The average Bonchev–Trinajstić information content (AvgIpc) is 2.97. The fourth-order valence-electron chi connectivity index (χ4n) is 3.27. The summed E-state index contributed by atoms with van der Waals surface area (Å²) < 4.78 is 2.14. The van der Waals surface area contributed by atoms with Crippen LogP contribution in [-0.4, -0.2) is 50.0 Å². The van der Waals surface area contributed by atoms with Crippen LogP contribution in [0, 0.1) is 0 Å². The molecule has 5 nitrogen and oxygen atoms in total. The minimum absolute atomic E-state index is 0.224. The van der Waals surface area contributed by atoms with E-state index < -0.39 is 0 Å². The Balaban J connectivity index is 1.75. The van der Waals surface area contributed by atoms with Gasteiger partial charge in [-0.3, -0.25) is 0 Å². The number of fused-ring (bicyclic) bond motifs is 1. The molecule has 0 saturated carbocycles. The number of likely N-dealkylation sites (N-methyl/N-ethyl adjacent to an activating group) is 1. The van der Waals surface area contributed by atoms with Crippen LogP contribution in [0.4, 0.5) is 0 Å². The van der Waals surface area contributed by atoms with Crippen LogP contribution in [0.3, 0.4) is 0 Å². The van der Waals surface area contributed by atoms with Crippen molar-refractivity contribution in [3.05, 3.63) is 11.6 Å². The van der Waals surface area contributed by atoms with E-state index in [4.69, 9.17) is 0 Å². The van der Waals surface area contributed by atoms with Crippen LogP contribution in [0.5, 0.6) is 0 Å². The van der Waals surface area contributed by atoms with Gasteiger partial charge in [-0.15, -0.1) is 10.2 Å². The van der Waals surface area contributed by atoms with Gasteiger partial charge in [0.05, 0.1) is 12.6 Å². The van der Waals surface area contributed by atoms with Gasteiger partial charge in [0, 0.05) is 18.9 Å². The molecule has 18 heavy (non-hydrogen) atoms. The van der Waals surface area contributed by atoms with Gasteiger partial charge in [-0.1, -0.05) is 6.92 Å². The Hall–Kier alpha value is -0.940. The van der Waals surface area contributed by atoms with Gasteiger partial charge in [-0.25, -0.2) is 0 Å². The van der Waals surface area contributed by atoms with Gasteiger partial charge in [-0.05, 0) is 32.4 Å². The van der Waals surface area contributed by atoms with Crippen molar-refractivity contribution in [1.82, 2.24) is 19.7 Å². The van der Waals surface area contributed by atoms with E-state index in [9.17, 15) is 5.11 Å². The number of hydrogen-bond donors (Lipinski definition) is 1. The zero-order valence-corrected chi connectivity index (χ0v) is 11.0. The number of nitrogens with zero attached hydrogens (tertiary/aromatic N) is 4. The Morgan fingerprint density at radius 2 is 2.22 bits per heavy atom. The Labute approximate surface area is 108 Å². The highest BCUT2D eigenvalue weighted by molar-refractivity contribution is 5.03. The fourth-order valence-corrected chi connectivity index (χ4v) is 3.27. The molecule has 0 aromatic carbocycles. The lowest BCUT2D eigenvalue weighted by Crippen LogP contribution is -2.33. The third kappa shape index (κ3) is 2.17. The van der Waals surface area contributed by atoms with Crippen molar-refractivity contribution in [3.63, 3.8) is 0 Å². The zero-order chi connectivity index (χ0) is 12.5. The zero-order valence-electron chi connectivity index (χ0n) is 11.0. The first kappa shape index (κ1) is 12.1. The van der Waals surface area contributed by atoms with Gasteiger partial charge >= 0.3 is 0 Å². The largest absolute Gasteiger partial charge is 0.391 e. The summed E-state index contributed by atoms with van der Waals surface area (Å²) in [4.78, 5) is 2.53. The first-order valence-corrected chi connectivity index (χ1v) is 7.11. The predicted molar refractivity (Wildman–Crippen MR) is 68.3 cm³/mol. The molecule has 2 atom stereocenters. The topological polar surface area (TPSA) is 54.2 Å². The van der Waals surface area contributed by atoms with Crippen LogP contribution in [0.15, 0.2) is 0 Å². The van der Waals surface area contributed by atoms with Crippen molar-refractivity contribution >= 4 is 0 Å². The van der Waals surface area contributed by atoms with Gasteiger partial charge in [0.15, 0.2) is 0 Å². The maximum atomic E-state index is 9.77. The van der Waals surface area contributed by atoms with Crippen molar-refractivity contribution in [3.8, 4) is 0 Å². The number of aliphatic hydroxyl groups excluding tert-OH is 1. The summed E-state index contributed by atoms with van der Waals surface area (Å²) in [5.41, 5.74) is 0. The Morgan fingerprint density at radius 3 is 3.06 bits per heavy atom. The van der Waals surface area contributed by atoms with Gasteiger partial charge in [0.1, 0.15) is 11.6 Å². The van der Waals surface area contributed by atoms with E-state index in [1.807, 2.05) is 0 Å². The average molecular weight is 250 g/mol. The molecule has 2 aliphatic heterocycles. The molecule has 1 saturated heterocycles. The summed E-state index contributed by atoms with van der Waals surface area (Å²) in [7, 11) is 0. The summed E-state index contributed by atoms with van der Waals surface area (Å²) in [5, 5.41) is 18.4. The SMILES string of the molecule is CCN1CCCC1Cc1nnc2n1CC(O)CC2. The lowest BCUT2D eigenvalue weighted by molar-refractivity contribution is 0.128. The van der Waals surface area contributed by atoms with Crippen LogP contribution in [-0.2, 0) is 19.4 Å². The van der Waals surface area contributed by atoms with Crippen LogP contribution >= 0.6 is 0 Å². The first-order valence-electron chi connectivity index (χ1n) is 7.11. The molecular formula is C13H22N4O. The third-order valence-corrected chi connectivity index (χ3v) is 4.32. The molecule has 1 N–H and O–H groups in total. The Kier molecular flexibility index (Phi) is 3.35. The van der Waals surface area contributed by atoms with Crippen molar-refractivity contribution in [2.24, 2.45) is 0 Å². The normalized spacial score (nSPS) is 28.6. The van der Waals surface area contributed by atoms with E-state index in [1.54, 1.807) is 0 Å². The smallest absolute Gasteiger partial charge is 0.134 e. The third-order valence-electron chi connectivity index (χ3n) is 4.32. The first-order chi connectivity index (χ1) is 8.78. The molecule has 100 valence electrons. The van der Waals surface area contributed by atoms with Gasteiger partial charge in [-0.2, -0.15) is 0 Å². The highest BCUT2D eigenvalue weighted by Crippen LogP contribution is 2.22. The molecule has 1 fully saturated rings. The molecule has 2 unspecified atom stereocenters. The molecule has 0 radical (unpaired) electrons. The molecule has 3 heterocycles. The second-order valence-electron chi connectivity index (χ2n) is 5.46. The molecular weight excluding hydrogens is 228 g/mol. The van der Waals surface area contributed by atoms with Crippen LogP contribution in [0.1, 0.15) is 37.8 Å². The number of aromatic nitrogens is 3. The summed E-state index contributed by atoms with van der Waals surface area (Å²) in [5.74, 6) is 2.12. The maximum absolute atomic E-state index is 9.77. The van der Waals surface area contributed by atoms with E-state index >= 15 is 0 Å². The quantitative estimate of drug-likeness (QED) is 0.854. The summed E-state index contributed by atoms with van der Waals surface area (Å²) in [6.45, 7) is 5.23. The molecule has 1 aromatic heterocycles. The second-order valence-corrected chi connectivity index (χ2v) is 5.46. The minimum atomic E-state index is -0.224. The number of hydrogen-bond acceptors (Lipinski definition) is 4. The van der Waals surface area contributed by atoms with Gasteiger partial charge in [0.2, 0.25) is 0 Å². The van der Waals surface area contributed by atoms with Gasteiger partial charge < -0.3 is 14.6 Å². The molecule has 0 bridgehead atoms. The van der Waals surface area contributed by atoms with E-state index in [2.05, 4.69) is 26.6 Å². The number of rotatable bonds is 3. The lowest BCUT2D eigenvalue weighted by atomic mass is 10.1. The maximum Gasteiger partial charge on any atom is 0.134 e. The van der Waals surface area contributed by atoms with Crippen molar-refractivity contribution < 1.29 is 5.11 Å². The lowest BCUT2D eigenvalue weighted by Gasteiger charge is -2.24. The van der Waals surface area contributed by atoms with E-state index in [0.717, 1.165) is 37.5 Å². The molecule has 2 aliphatic rings. The van der Waals surface area contributed by atoms with E-state index in [0.29, 0.717) is 12.6 Å². The fraction of sp³-hybridized carbons (Fsp3) is 0.846. The van der Waals surface area contributed by atoms with Crippen LogP contribution < -0.4 is 0 Å². The number of aryl methyl sites for hydroxylation is 1. The van der Waals surface area contributed by atoms with Gasteiger partial charge in [0.25, 0.3) is 0 Å². The second kappa shape index (κ2) is 4.97. The van der Waals surface area contributed by atoms with Crippen LogP contribution in [0.2, 0.25) is 0 Å². The van der Waals surface area contributed by atoms with E-state index in [-0.39, 0.29) is 6.10 Å². The molecule has 0 spiro atoms. The minimum Gasteiger partial charge on any atom is -0.391 e. The van der Waals surface area contributed by atoms with Crippen molar-refractivity contribution in [1.29, 1.82) is 0 Å². The molecule has 3 rings (SSSR count). The van der Waals surface area contributed by atoms with Crippen molar-refractivity contribution in [2.75, 3.05) is 13.1 Å². The Bertz CT molecular complexity index is 417. The molecule has 0 aliphatic carbocycles. The van der Waals surface area contributed by atoms with E-state index in [1.165, 1.54) is 19.4 Å². The summed E-state index contributed by atoms with van der Waals surface area (Å²) >= 11 is 0. The number of likely N-dealkylation sites (tertiary alicyclic amines) is 1. The Morgan fingerprint density at radius 1 is 1.33 bits per heavy atom. The molecule has 0 amide bonds. The summed E-state index contributed by atoms with van der Waals surface area (Å²) in [6, 6.07) is 0.613.